The minimum Gasteiger partial charge on any atom is -0.469 e. The smallest absolute Gasteiger partial charge is 0.306 e. The van der Waals surface area contributed by atoms with Crippen LogP contribution in [0.5, 0.6) is 0 Å². The normalized spacial score (nSPS) is 9.71. The number of hydrogen-bond donors (Lipinski definition) is 2. The zero-order chi connectivity index (χ0) is 12.7. The molecular formula is C12H16N2O3. The summed E-state index contributed by atoms with van der Waals surface area (Å²) in [6, 6.07) is 7.23. The zero-order valence-electron chi connectivity index (χ0n) is 9.73. The molecule has 0 aromatic heterocycles. The number of benzene rings is 1. The largest absolute Gasteiger partial charge is 0.469 e. The molecule has 0 saturated heterocycles. The van der Waals surface area contributed by atoms with Crippen molar-refractivity contribution in [2.75, 3.05) is 12.8 Å². The first kappa shape index (κ1) is 13.0. The van der Waals surface area contributed by atoms with Crippen LogP contribution in [0.15, 0.2) is 24.3 Å². The molecule has 92 valence electrons. The maximum Gasteiger partial charge on any atom is 0.306 e. The van der Waals surface area contributed by atoms with Crippen LogP contribution >= 0.6 is 0 Å². The first-order valence-electron chi connectivity index (χ1n) is 5.29. The van der Waals surface area contributed by atoms with E-state index in [4.69, 9.17) is 5.73 Å². The predicted molar refractivity (Wildman–Crippen MR) is 64.0 cm³/mol. The Labute approximate surface area is 99.9 Å². The molecule has 0 bridgehead atoms. The van der Waals surface area contributed by atoms with Gasteiger partial charge in [-0.05, 0) is 17.7 Å². The van der Waals surface area contributed by atoms with Gasteiger partial charge in [-0.1, -0.05) is 12.1 Å². The lowest BCUT2D eigenvalue weighted by molar-refractivity contribution is -0.142. The van der Waals surface area contributed by atoms with E-state index in [9.17, 15) is 9.59 Å². The molecule has 0 radical (unpaired) electrons. The Morgan fingerprint density at radius 1 is 1.24 bits per heavy atom. The third kappa shape index (κ3) is 5.01. The minimum atomic E-state index is -0.382. The highest BCUT2D eigenvalue weighted by molar-refractivity contribution is 5.81. The third-order valence-corrected chi connectivity index (χ3v) is 2.25. The molecule has 0 spiro atoms. The third-order valence-electron chi connectivity index (χ3n) is 2.25. The molecule has 1 aromatic carbocycles. The molecule has 5 nitrogen and oxygen atoms in total. The fourth-order valence-corrected chi connectivity index (χ4v) is 1.24. The Balaban J connectivity index is 2.28. The van der Waals surface area contributed by atoms with Crippen LogP contribution in [0.1, 0.15) is 18.4 Å². The molecule has 1 rings (SSSR count). The predicted octanol–water partition coefficient (Wildman–Crippen LogP) is 0.838. The number of nitrogens with one attached hydrogen (secondary N) is 1. The molecular weight excluding hydrogens is 220 g/mol. The molecule has 17 heavy (non-hydrogen) atoms. The standard InChI is InChI=1S/C12H16N2O3/c1-17-12(16)7-6-11(15)14-8-9-2-4-10(13)5-3-9/h2-5H,6-8,13H2,1H3,(H,14,15). The molecule has 0 unspecified atom stereocenters. The van der Waals surface area contributed by atoms with Crippen molar-refractivity contribution in [3.8, 4) is 0 Å². The summed E-state index contributed by atoms with van der Waals surface area (Å²) >= 11 is 0. The van der Waals surface area contributed by atoms with Gasteiger partial charge >= 0.3 is 5.97 Å². The van der Waals surface area contributed by atoms with E-state index in [0.717, 1.165) is 5.56 Å². The maximum absolute atomic E-state index is 11.4. The number of nitrogen functional groups attached to an aromatic ring is 1. The summed E-state index contributed by atoms with van der Waals surface area (Å²) in [6.45, 7) is 0.431. The van der Waals surface area contributed by atoms with Crippen molar-refractivity contribution in [1.29, 1.82) is 0 Å². The molecule has 0 aliphatic rings. The summed E-state index contributed by atoms with van der Waals surface area (Å²) in [5, 5.41) is 2.71. The van der Waals surface area contributed by atoms with Crippen molar-refractivity contribution >= 4 is 17.6 Å². The van der Waals surface area contributed by atoms with Crippen LogP contribution in [0, 0.1) is 0 Å². The first-order chi connectivity index (χ1) is 8.11. The Morgan fingerprint density at radius 2 is 1.88 bits per heavy atom. The lowest BCUT2D eigenvalue weighted by Gasteiger charge is -2.05. The van der Waals surface area contributed by atoms with E-state index in [0.29, 0.717) is 12.2 Å². The van der Waals surface area contributed by atoms with Crippen molar-refractivity contribution in [2.45, 2.75) is 19.4 Å². The van der Waals surface area contributed by atoms with Gasteiger partial charge in [-0.3, -0.25) is 9.59 Å². The summed E-state index contributed by atoms with van der Waals surface area (Å²) < 4.78 is 4.44. The van der Waals surface area contributed by atoms with E-state index in [-0.39, 0.29) is 24.7 Å². The molecule has 1 amide bonds. The number of rotatable bonds is 5. The van der Waals surface area contributed by atoms with Crippen LogP contribution in [-0.4, -0.2) is 19.0 Å². The summed E-state index contributed by atoms with van der Waals surface area (Å²) in [5.74, 6) is -0.556. The van der Waals surface area contributed by atoms with Gasteiger partial charge in [0.05, 0.1) is 13.5 Å². The number of nitrogens with two attached hydrogens (primary N) is 1. The van der Waals surface area contributed by atoms with Gasteiger partial charge in [0, 0.05) is 18.7 Å². The van der Waals surface area contributed by atoms with Crippen molar-refractivity contribution in [2.24, 2.45) is 0 Å². The minimum absolute atomic E-state index is 0.101. The van der Waals surface area contributed by atoms with E-state index >= 15 is 0 Å². The molecule has 0 fully saturated rings. The lowest BCUT2D eigenvalue weighted by atomic mass is 10.2. The number of carbonyl (C=O) groups excluding carboxylic acids is 2. The topological polar surface area (TPSA) is 81.4 Å². The Bertz CT molecular complexity index is 387. The number of carbonyl (C=O) groups is 2. The zero-order valence-corrected chi connectivity index (χ0v) is 9.73. The van der Waals surface area contributed by atoms with Crippen molar-refractivity contribution in [1.82, 2.24) is 5.32 Å². The second kappa shape index (κ2) is 6.52. The highest BCUT2D eigenvalue weighted by Crippen LogP contribution is 2.05. The fourth-order valence-electron chi connectivity index (χ4n) is 1.24. The number of methoxy groups -OCH3 is 1. The van der Waals surface area contributed by atoms with Crippen molar-refractivity contribution in [3.05, 3.63) is 29.8 Å². The number of esters is 1. The molecule has 0 atom stereocenters. The molecule has 0 heterocycles. The van der Waals surface area contributed by atoms with E-state index in [2.05, 4.69) is 10.1 Å². The monoisotopic (exact) mass is 236 g/mol. The van der Waals surface area contributed by atoms with Crippen LogP contribution < -0.4 is 11.1 Å². The van der Waals surface area contributed by atoms with Crippen LogP contribution in [0.2, 0.25) is 0 Å². The summed E-state index contributed by atoms with van der Waals surface area (Å²) in [7, 11) is 1.30. The van der Waals surface area contributed by atoms with Gasteiger partial charge in [-0.2, -0.15) is 0 Å². The lowest BCUT2D eigenvalue weighted by Crippen LogP contribution is -2.23. The van der Waals surface area contributed by atoms with Crippen LogP contribution in [-0.2, 0) is 20.9 Å². The Kier molecular flexibility index (Phi) is 5.00. The van der Waals surface area contributed by atoms with Crippen molar-refractivity contribution < 1.29 is 14.3 Å². The van der Waals surface area contributed by atoms with Gasteiger partial charge in [0.1, 0.15) is 0 Å². The van der Waals surface area contributed by atoms with Gasteiger partial charge in [-0.15, -0.1) is 0 Å². The first-order valence-corrected chi connectivity index (χ1v) is 5.29. The van der Waals surface area contributed by atoms with Crippen LogP contribution in [0.25, 0.3) is 0 Å². The number of amides is 1. The molecule has 0 saturated carbocycles. The van der Waals surface area contributed by atoms with Crippen LogP contribution in [0.3, 0.4) is 0 Å². The fraction of sp³-hybridized carbons (Fsp3) is 0.333. The average Bonchev–Trinajstić information content (AvgIpc) is 2.35. The van der Waals surface area contributed by atoms with E-state index in [1.165, 1.54) is 7.11 Å². The van der Waals surface area contributed by atoms with Gasteiger partial charge in [0.2, 0.25) is 5.91 Å². The van der Waals surface area contributed by atoms with E-state index in [1.54, 1.807) is 12.1 Å². The molecule has 0 aliphatic heterocycles. The Hall–Kier alpha value is -2.04. The quantitative estimate of drug-likeness (QED) is 0.586. The van der Waals surface area contributed by atoms with Gasteiger partial charge < -0.3 is 15.8 Å². The van der Waals surface area contributed by atoms with Gasteiger partial charge in [0.25, 0.3) is 0 Å². The van der Waals surface area contributed by atoms with Crippen molar-refractivity contribution in [3.63, 3.8) is 0 Å². The second-order valence-corrected chi connectivity index (χ2v) is 3.59. The highest BCUT2D eigenvalue weighted by Gasteiger charge is 2.06. The Morgan fingerprint density at radius 3 is 2.47 bits per heavy atom. The van der Waals surface area contributed by atoms with Gasteiger partial charge in [-0.25, -0.2) is 0 Å². The summed E-state index contributed by atoms with van der Waals surface area (Å²) in [5.41, 5.74) is 7.19. The highest BCUT2D eigenvalue weighted by atomic mass is 16.5. The van der Waals surface area contributed by atoms with Crippen LogP contribution in [0.4, 0.5) is 5.69 Å². The molecule has 5 heteroatoms. The number of ether oxygens (including phenoxy) is 1. The maximum atomic E-state index is 11.4. The molecule has 3 N–H and O–H groups in total. The van der Waals surface area contributed by atoms with E-state index < -0.39 is 0 Å². The number of hydrogen-bond acceptors (Lipinski definition) is 4. The summed E-state index contributed by atoms with van der Waals surface area (Å²) in [4.78, 5) is 22.2. The second-order valence-electron chi connectivity index (χ2n) is 3.59. The summed E-state index contributed by atoms with van der Waals surface area (Å²) in [6.07, 6.45) is 0.242. The van der Waals surface area contributed by atoms with E-state index in [1.807, 2.05) is 12.1 Å². The SMILES string of the molecule is COC(=O)CCC(=O)NCc1ccc(N)cc1. The number of anilines is 1. The molecule has 0 aliphatic carbocycles. The molecule has 1 aromatic rings. The van der Waals surface area contributed by atoms with Gasteiger partial charge in [0.15, 0.2) is 0 Å². The average molecular weight is 236 g/mol.